The number of carbonyl (C=O) groups is 4. The van der Waals surface area contributed by atoms with Crippen molar-refractivity contribution in [2.45, 2.75) is 6.61 Å². The van der Waals surface area contributed by atoms with E-state index in [1.165, 1.54) is 37.5 Å². The molecule has 1 N–H and O–H groups in total. The minimum atomic E-state index is -1.27. The summed E-state index contributed by atoms with van der Waals surface area (Å²) in [6.07, 6.45) is 1.34. The number of carboxylic acid groups (broad SMARTS) is 1. The molecule has 38 heavy (non-hydrogen) atoms. The Bertz CT molecular complexity index is 1490. The summed E-state index contributed by atoms with van der Waals surface area (Å²) in [5, 5.41) is 13.1. The van der Waals surface area contributed by atoms with Gasteiger partial charge in [0, 0.05) is 6.07 Å². The molecule has 2 heterocycles. The van der Waals surface area contributed by atoms with Crippen LogP contribution in [-0.2, 0) is 16.2 Å². The van der Waals surface area contributed by atoms with Gasteiger partial charge in [0.1, 0.15) is 12.2 Å². The molecule has 0 aliphatic carbocycles. The standard InChI is InChI=1S/C27H20N2O9/c1-35-22-11-16(4-8-20(22)36-13-15-2-5-17(6-3-15)26(32)33)10-19-24(30)28-27(34)29(25(19)31)18-7-9-21-23(12-18)38-14-37-21/h2-12H,13-14H2,1H3,(H,32,33)(H,28,30,34)/p-1/b19-10+. The lowest BCUT2D eigenvalue weighted by Gasteiger charge is -2.26. The number of carboxylic acids is 1. The zero-order valence-electron chi connectivity index (χ0n) is 19.9. The van der Waals surface area contributed by atoms with Crippen molar-refractivity contribution in [1.82, 2.24) is 5.32 Å². The third kappa shape index (κ3) is 4.72. The maximum Gasteiger partial charge on any atom is 0.335 e. The van der Waals surface area contributed by atoms with Crippen LogP contribution in [0, 0.1) is 0 Å². The second-order valence-corrected chi connectivity index (χ2v) is 8.18. The first-order chi connectivity index (χ1) is 18.3. The van der Waals surface area contributed by atoms with Crippen molar-refractivity contribution in [3.63, 3.8) is 0 Å². The monoisotopic (exact) mass is 515 g/mol. The van der Waals surface area contributed by atoms with E-state index in [1.54, 1.807) is 36.4 Å². The predicted octanol–water partition coefficient (Wildman–Crippen LogP) is 2.03. The summed E-state index contributed by atoms with van der Waals surface area (Å²) in [6, 6.07) is 14.5. The highest BCUT2D eigenvalue weighted by molar-refractivity contribution is 6.39. The Kier molecular flexibility index (Phi) is 6.40. The molecule has 192 valence electrons. The average Bonchev–Trinajstić information content (AvgIpc) is 3.38. The molecule has 0 radical (unpaired) electrons. The Hall–Kier alpha value is -5.32. The van der Waals surface area contributed by atoms with Crippen molar-refractivity contribution in [2.75, 3.05) is 18.8 Å². The fraction of sp³-hybridized carbons (Fsp3) is 0.111. The van der Waals surface area contributed by atoms with Crippen LogP contribution in [-0.4, -0.2) is 37.7 Å². The highest BCUT2D eigenvalue weighted by atomic mass is 16.7. The van der Waals surface area contributed by atoms with Gasteiger partial charge in [-0.3, -0.25) is 14.9 Å². The molecule has 2 aliphatic rings. The van der Waals surface area contributed by atoms with E-state index in [0.717, 1.165) is 10.5 Å². The van der Waals surface area contributed by atoms with Gasteiger partial charge >= 0.3 is 6.03 Å². The largest absolute Gasteiger partial charge is 0.545 e. The first kappa shape index (κ1) is 24.4. The van der Waals surface area contributed by atoms with E-state index in [0.29, 0.717) is 28.6 Å². The van der Waals surface area contributed by atoms with Crippen LogP contribution in [0.15, 0.2) is 66.2 Å². The van der Waals surface area contributed by atoms with Gasteiger partial charge in [-0.1, -0.05) is 30.3 Å². The number of fused-ring (bicyclic) bond motifs is 1. The molecule has 2 aliphatic heterocycles. The van der Waals surface area contributed by atoms with Crippen molar-refractivity contribution in [3.05, 3.63) is 82.9 Å². The minimum absolute atomic E-state index is 0.0266. The van der Waals surface area contributed by atoms with Crippen LogP contribution in [0.1, 0.15) is 21.5 Å². The lowest BCUT2D eigenvalue weighted by Crippen LogP contribution is -2.54. The number of methoxy groups -OCH3 is 1. The van der Waals surface area contributed by atoms with Crippen LogP contribution in [0.5, 0.6) is 23.0 Å². The van der Waals surface area contributed by atoms with Crippen molar-refractivity contribution >= 4 is 35.6 Å². The molecule has 11 heteroatoms. The number of nitrogens with one attached hydrogen (secondary N) is 1. The van der Waals surface area contributed by atoms with Gasteiger partial charge in [0.05, 0.1) is 18.8 Å². The maximum absolute atomic E-state index is 13.2. The molecule has 0 saturated carbocycles. The molecular formula is C27H19N2O9-. The van der Waals surface area contributed by atoms with Gasteiger partial charge in [0.2, 0.25) is 6.79 Å². The molecule has 3 aromatic carbocycles. The average molecular weight is 515 g/mol. The number of barbiturate groups is 1. The molecule has 0 bridgehead atoms. The Balaban J connectivity index is 1.36. The molecular weight excluding hydrogens is 496 g/mol. The number of hydrogen-bond donors (Lipinski definition) is 1. The van der Waals surface area contributed by atoms with Gasteiger partial charge in [-0.2, -0.15) is 0 Å². The van der Waals surface area contributed by atoms with Crippen LogP contribution in [0.2, 0.25) is 0 Å². The van der Waals surface area contributed by atoms with Crippen LogP contribution < -0.4 is 34.3 Å². The number of imide groups is 2. The Morgan fingerprint density at radius 1 is 1.00 bits per heavy atom. The molecule has 5 rings (SSSR count). The highest BCUT2D eigenvalue weighted by Crippen LogP contribution is 2.36. The number of hydrogen-bond acceptors (Lipinski definition) is 9. The topological polar surface area (TPSA) is 144 Å². The number of aromatic carboxylic acids is 1. The van der Waals surface area contributed by atoms with E-state index in [9.17, 15) is 24.3 Å². The summed E-state index contributed by atoms with van der Waals surface area (Å²) < 4.78 is 21.8. The number of anilines is 1. The summed E-state index contributed by atoms with van der Waals surface area (Å²) in [5.74, 6) is -1.34. The zero-order valence-corrected chi connectivity index (χ0v) is 19.9. The number of ether oxygens (including phenoxy) is 4. The van der Waals surface area contributed by atoms with Gasteiger partial charge in [0.15, 0.2) is 23.0 Å². The number of nitrogens with zero attached hydrogens (tertiary/aromatic N) is 1. The molecule has 3 aromatic rings. The number of amides is 4. The Labute approximate surface area is 215 Å². The quantitative estimate of drug-likeness (QED) is 0.369. The van der Waals surface area contributed by atoms with E-state index in [-0.39, 0.29) is 30.2 Å². The summed E-state index contributed by atoms with van der Waals surface area (Å²) >= 11 is 0. The van der Waals surface area contributed by atoms with E-state index in [4.69, 9.17) is 18.9 Å². The third-order valence-electron chi connectivity index (χ3n) is 5.80. The van der Waals surface area contributed by atoms with Gasteiger partial charge in [-0.05, 0) is 47.0 Å². The molecule has 4 amide bonds. The second kappa shape index (κ2) is 9.97. The van der Waals surface area contributed by atoms with Crippen LogP contribution in [0.25, 0.3) is 6.08 Å². The Morgan fingerprint density at radius 3 is 2.50 bits per heavy atom. The molecule has 0 aromatic heterocycles. The number of benzene rings is 3. The third-order valence-corrected chi connectivity index (χ3v) is 5.80. The van der Waals surface area contributed by atoms with Gasteiger partial charge in [0.25, 0.3) is 11.8 Å². The highest BCUT2D eigenvalue weighted by Gasteiger charge is 2.37. The Morgan fingerprint density at radius 2 is 1.76 bits per heavy atom. The molecule has 1 fully saturated rings. The lowest BCUT2D eigenvalue weighted by molar-refractivity contribution is -0.255. The smallest absolute Gasteiger partial charge is 0.335 e. The number of rotatable bonds is 7. The minimum Gasteiger partial charge on any atom is -0.545 e. The molecule has 0 atom stereocenters. The summed E-state index contributed by atoms with van der Waals surface area (Å²) in [6.45, 7) is 0.163. The molecule has 11 nitrogen and oxygen atoms in total. The van der Waals surface area contributed by atoms with Crippen LogP contribution >= 0.6 is 0 Å². The van der Waals surface area contributed by atoms with E-state index < -0.39 is 23.8 Å². The predicted molar refractivity (Wildman–Crippen MR) is 130 cm³/mol. The maximum atomic E-state index is 13.2. The molecule has 1 saturated heterocycles. The fourth-order valence-corrected chi connectivity index (χ4v) is 3.87. The van der Waals surface area contributed by atoms with Crippen molar-refractivity contribution in [1.29, 1.82) is 0 Å². The van der Waals surface area contributed by atoms with Crippen molar-refractivity contribution < 1.29 is 43.2 Å². The van der Waals surface area contributed by atoms with E-state index >= 15 is 0 Å². The zero-order chi connectivity index (χ0) is 26.8. The van der Waals surface area contributed by atoms with Gasteiger partial charge in [-0.25, -0.2) is 9.69 Å². The summed E-state index contributed by atoms with van der Waals surface area (Å²) in [7, 11) is 1.44. The number of carbonyl (C=O) groups excluding carboxylic acids is 4. The summed E-state index contributed by atoms with van der Waals surface area (Å²) in [5.41, 5.74) is 1.19. The van der Waals surface area contributed by atoms with E-state index in [2.05, 4.69) is 5.32 Å². The number of urea groups is 1. The SMILES string of the molecule is COc1cc(/C=C2\C(=O)NC(=O)N(c3ccc4c(c3)OCO4)C2=O)ccc1OCc1ccc(C(=O)[O-])cc1. The first-order valence-corrected chi connectivity index (χ1v) is 11.3. The molecule has 0 unspecified atom stereocenters. The second-order valence-electron chi connectivity index (χ2n) is 8.18. The van der Waals surface area contributed by atoms with Gasteiger partial charge in [-0.15, -0.1) is 0 Å². The molecule has 0 spiro atoms. The lowest BCUT2D eigenvalue weighted by atomic mass is 10.1. The summed E-state index contributed by atoms with van der Waals surface area (Å²) in [4.78, 5) is 50.0. The van der Waals surface area contributed by atoms with E-state index in [1.807, 2.05) is 0 Å². The van der Waals surface area contributed by atoms with Crippen LogP contribution in [0.4, 0.5) is 10.5 Å². The normalized spacial score (nSPS) is 15.4. The first-order valence-electron chi connectivity index (χ1n) is 11.3. The fourth-order valence-electron chi connectivity index (χ4n) is 3.87. The van der Waals surface area contributed by atoms with Crippen molar-refractivity contribution in [2.24, 2.45) is 0 Å². The van der Waals surface area contributed by atoms with Crippen LogP contribution in [0.3, 0.4) is 0 Å². The van der Waals surface area contributed by atoms with Gasteiger partial charge < -0.3 is 28.8 Å². The van der Waals surface area contributed by atoms with Crippen molar-refractivity contribution in [3.8, 4) is 23.0 Å².